The lowest BCUT2D eigenvalue weighted by molar-refractivity contribution is 0.139. The van der Waals surface area contributed by atoms with Crippen LogP contribution in [0.5, 0.6) is 11.5 Å². The molecule has 1 aliphatic rings. The van der Waals surface area contributed by atoms with E-state index in [0.717, 1.165) is 50.3 Å². The predicted molar refractivity (Wildman–Crippen MR) is 123 cm³/mol. The number of aliphatic hydroxyl groups excluding tert-OH is 1. The number of imidazole rings is 1. The topological polar surface area (TPSA) is 61.4 Å². The lowest BCUT2D eigenvalue weighted by Gasteiger charge is -2.28. The van der Waals surface area contributed by atoms with E-state index in [4.69, 9.17) is 4.74 Å². The van der Waals surface area contributed by atoms with Crippen LogP contribution in [0.4, 0.5) is 0 Å². The lowest BCUT2D eigenvalue weighted by Crippen LogP contribution is -2.37. The summed E-state index contributed by atoms with van der Waals surface area (Å²) in [6.07, 6.45) is 9.03. The van der Waals surface area contributed by atoms with Gasteiger partial charge in [-0.25, -0.2) is 4.98 Å². The van der Waals surface area contributed by atoms with Crippen molar-refractivity contribution >= 4 is 0 Å². The smallest absolute Gasteiger partial charge is 0.127 e. The van der Waals surface area contributed by atoms with E-state index in [1.54, 1.807) is 6.33 Å². The van der Waals surface area contributed by atoms with Gasteiger partial charge in [0.25, 0.3) is 0 Å². The minimum absolute atomic E-state index is 0.259. The second-order valence-corrected chi connectivity index (χ2v) is 8.72. The van der Waals surface area contributed by atoms with Crippen LogP contribution in [0.25, 0.3) is 0 Å². The van der Waals surface area contributed by atoms with Crippen LogP contribution >= 0.6 is 0 Å². The Labute approximate surface area is 185 Å². The Bertz CT molecular complexity index is 924. The van der Waals surface area contributed by atoms with Gasteiger partial charge in [-0.05, 0) is 81.3 Å². The molecule has 3 aromatic rings. The molecule has 4 rings (SSSR count). The van der Waals surface area contributed by atoms with Crippen molar-refractivity contribution in [3.05, 3.63) is 77.9 Å². The third kappa shape index (κ3) is 6.18. The molecule has 31 heavy (non-hydrogen) atoms. The molecule has 5 heteroatoms. The number of aromatic nitrogens is 2. The third-order valence-electron chi connectivity index (χ3n) is 6.26. The van der Waals surface area contributed by atoms with Crippen LogP contribution in [0.3, 0.4) is 0 Å². The zero-order valence-corrected chi connectivity index (χ0v) is 18.3. The summed E-state index contributed by atoms with van der Waals surface area (Å²) in [4.78, 5) is 9.92. The lowest BCUT2D eigenvalue weighted by atomic mass is 9.94. The van der Waals surface area contributed by atoms with Gasteiger partial charge in [0.2, 0.25) is 0 Å². The maximum Gasteiger partial charge on any atom is 0.127 e. The van der Waals surface area contributed by atoms with Crippen molar-refractivity contribution in [3.63, 3.8) is 0 Å². The van der Waals surface area contributed by atoms with Crippen molar-refractivity contribution in [2.24, 2.45) is 5.92 Å². The first kappa shape index (κ1) is 21.6. The summed E-state index contributed by atoms with van der Waals surface area (Å²) in [7, 11) is 0. The van der Waals surface area contributed by atoms with Crippen LogP contribution in [0.2, 0.25) is 0 Å². The fraction of sp³-hybridized carbons (Fsp3) is 0.423. The Kier molecular flexibility index (Phi) is 7.39. The number of rotatable bonds is 10. The molecule has 2 heterocycles. The van der Waals surface area contributed by atoms with Gasteiger partial charge < -0.3 is 14.8 Å². The number of hydrogen-bond acceptors (Lipinski definition) is 4. The molecule has 0 radical (unpaired) electrons. The van der Waals surface area contributed by atoms with Gasteiger partial charge in [0, 0.05) is 24.5 Å². The van der Waals surface area contributed by atoms with Crippen molar-refractivity contribution in [3.8, 4) is 11.5 Å². The summed E-state index contributed by atoms with van der Waals surface area (Å²) in [5.74, 6) is 2.25. The van der Waals surface area contributed by atoms with Gasteiger partial charge in [0.15, 0.2) is 0 Å². The number of nitrogens with one attached hydrogen (secondary N) is 1. The van der Waals surface area contributed by atoms with Crippen molar-refractivity contribution in [2.75, 3.05) is 19.7 Å². The average molecular weight is 420 g/mol. The Balaban J connectivity index is 1.39. The fourth-order valence-electron chi connectivity index (χ4n) is 4.52. The Hall–Kier alpha value is -2.63. The molecular formula is C26H33N3O2. The van der Waals surface area contributed by atoms with Crippen LogP contribution in [-0.4, -0.2) is 45.7 Å². The zero-order valence-electron chi connectivity index (χ0n) is 18.3. The first-order valence-corrected chi connectivity index (χ1v) is 11.3. The number of benzene rings is 2. The number of H-pyrrole nitrogens is 1. The molecule has 1 aromatic heterocycles. The van der Waals surface area contributed by atoms with Gasteiger partial charge >= 0.3 is 0 Å². The van der Waals surface area contributed by atoms with Crippen LogP contribution in [-0.2, 0) is 12.8 Å². The number of aromatic amines is 1. The van der Waals surface area contributed by atoms with E-state index in [2.05, 4.69) is 52.1 Å². The highest BCUT2D eigenvalue weighted by Gasteiger charge is 2.26. The number of ether oxygens (including phenoxy) is 1. The molecule has 2 atom stereocenters. The molecule has 5 nitrogen and oxygen atoms in total. The fourth-order valence-corrected chi connectivity index (χ4v) is 4.52. The molecule has 1 saturated heterocycles. The number of nitrogens with zero attached hydrogens (tertiary/aromatic N) is 2. The Morgan fingerprint density at radius 3 is 2.84 bits per heavy atom. The monoisotopic (exact) mass is 419 g/mol. The van der Waals surface area contributed by atoms with Crippen molar-refractivity contribution in [1.82, 2.24) is 14.9 Å². The second-order valence-electron chi connectivity index (χ2n) is 8.72. The summed E-state index contributed by atoms with van der Waals surface area (Å²) in [5.41, 5.74) is 3.70. The van der Waals surface area contributed by atoms with Gasteiger partial charge in [0.1, 0.15) is 11.5 Å². The van der Waals surface area contributed by atoms with Crippen LogP contribution in [0, 0.1) is 12.8 Å². The standard InChI is InChI=1S/C26H33N3O2/c1-20-7-11-25(12-8-20)31-26-6-2-4-21(15-26)9-10-22(14-23-16-27-19-28-23)17-29-13-3-5-24(29)18-30/h2,4,6-8,11-12,15-16,19,22,24,30H,3,5,9-10,13-14,17-18H2,1H3,(H,27,28). The van der Waals surface area contributed by atoms with E-state index >= 15 is 0 Å². The van der Waals surface area contributed by atoms with E-state index in [-0.39, 0.29) is 6.61 Å². The molecule has 164 valence electrons. The summed E-state index contributed by atoms with van der Waals surface area (Å²) < 4.78 is 6.05. The molecule has 0 saturated carbocycles. The zero-order chi connectivity index (χ0) is 21.5. The molecule has 2 aromatic carbocycles. The summed E-state index contributed by atoms with van der Waals surface area (Å²) in [6.45, 7) is 4.44. The first-order valence-electron chi connectivity index (χ1n) is 11.3. The van der Waals surface area contributed by atoms with Crippen molar-refractivity contribution in [1.29, 1.82) is 0 Å². The Morgan fingerprint density at radius 2 is 2.06 bits per heavy atom. The van der Waals surface area contributed by atoms with E-state index in [0.29, 0.717) is 12.0 Å². The summed E-state index contributed by atoms with van der Waals surface area (Å²) in [5, 5.41) is 9.71. The quantitative estimate of drug-likeness (QED) is 0.497. The maximum atomic E-state index is 9.71. The Morgan fingerprint density at radius 1 is 1.19 bits per heavy atom. The molecule has 0 bridgehead atoms. The van der Waals surface area contributed by atoms with Gasteiger partial charge in [-0.2, -0.15) is 0 Å². The number of aryl methyl sites for hydroxylation is 2. The maximum absolute atomic E-state index is 9.71. The SMILES string of the molecule is Cc1ccc(Oc2cccc(CCC(Cc3cnc[nH]3)CN3CCCC3CO)c2)cc1. The van der Waals surface area contributed by atoms with E-state index < -0.39 is 0 Å². The molecule has 1 aliphatic heterocycles. The summed E-state index contributed by atoms with van der Waals surface area (Å²) in [6, 6.07) is 16.9. The van der Waals surface area contributed by atoms with Crippen LogP contribution in [0.1, 0.15) is 36.1 Å². The normalized spacial score (nSPS) is 17.7. The predicted octanol–water partition coefficient (Wildman–Crippen LogP) is 4.76. The third-order valence-corrected chi connectivity index (χ3v) is 6.26. The van der Waals surface area contributed by atoms with Gasteiger partial charge in [0.05, 0.1) is 12.9 Å². The molecular weight excluding hydrogens is 386 g/mol. The second kappa shape index (κ2) is 10.6. The van der Waals surface area contributed by atoms with E-state index in [1.165, 1.54) is 23.2 Å². The van der Waals surface area contributed by atoms with E-state index in [9.17, 15) is 5.11 Å². The van der Waals surface area contributed by atoms with Gasteiger partial charge in [-0.3, -0.25) is 4.90 Å². The van der Waals surface area contributed by atoms with E-state index in [1.807, 2.05) is 24.4 Å². The number of likely N-dealkylation sites (tertiary alicyclic amines) is 1. The van der Waals surface area contributed by atoms with Gasteiger partial charge in [-0.15, -0.1) is 0 Å². The molecule has 2 unspecified atom stereocenters. The molecule has 0 spiro atoms. The largest absolute Gasteiger partial charge is 0.457 e. The molecule has 0 amide bonds. The van der Waals surface area contributed by atoms with Gasteiger partial charge in [-0.1, -0.05) is 29.8 Å². The summed E-state index contributed by atoms with van der Waals surface area (Å²) >= 11 is 0. The highest BCUT2D eigenvalue weighted by molar-refractivity contribution is 5.35. The highest BCUT2D eigenvalue weighted by Crippen LogP contribution is 2.25. The minimum Gasteiger partial charge on any atom is -0.457 e. The molecule has 1 fully saturated rings. The number of hydrogen-bond donors (Lipinski definition) is 2. The van der Waals surface area contributed by atoms with Crippen LogP contribution < -0.4 is 4.74 Å². The average Bonchev–Trinajstić information content (AvgIpc) is 3.46. The van der Waals surface area contributed by atoms with Crippen molar-refractivity contribution in [2.45, 2.75) is 45.1 Å². The van der Waals surface area contributed by atoms with Crippen LogP contribution in [0.15, 0.2) is 61.1 Å². The highest BCUT2D eigenvalue weighted by atomic mass is 16.5. The first-order chi connectivity index (χ1) is 15.2. The number of aliphatic hydroxyl groups is 1. The molecule has 2 N–H and O–H groups in total. The minimum atomic E-state index is 0.259. The molecule has 0 aliphatic carbocycles. The van der Waals surface area contributed by atoms with Crippen molar-refractivity contribution < 1.29 is 9.84 Å².